The molecule has 138 valence electrons. The largest absolute Gasteiger partial charge is 0.497 e. The molecule has 0 aliphatic heterocycles. The van der Waals surface area contributed by atoms with Crippen LogP contribution in [0.15, 0.2) is 18.2 Å². The number of amides is 1. The number of benzene rings is 1. The van der Waals surface area contributed by atoms with Gasteiger partial charge in [-0.05, 0) is 24.6 Å². The third-order valence-corrected chi connectivity index (χ3v) is 4.01. The molecule has 0 spiro atoms. The van der Waals surface area contributed by atoms with Gasteiger partial charge in [0.25, 0.3) is 0 Å². The molecule has 3 unspecified atom stereocenters. The average Bonchev–Trinajstić information content (AvgIpc) is 3.32. The predicted molar refractivity (Wildman–Crippen MR) is 80.6 cm³/mol. The zero-order chi connectivity index (χ0) is 18.8. The van der Waals surface area contributed by atoms with Crippen molar-refractivity contribution in [3.8, 4) is 11.5 Å². The molecule has 0 heterocycles. The summed E-state index contributed by atoms with van der Waals surface area (Å²) < 4.78 is 47.6. The molecule has 1 amide bonds. The van der Waals surface area contributed by atoms with Crippen LogP contribution < -0.4 is 14.8 Å². The van der Waals surface area contributed by atoms with Gasteiger partial charge < -0.3 is 19.9 Å². The smallest absolute Gasteiger partial charge is 0.391 e. The molecule has 0 saturated heterocycles. The Hall–Kier alpha value is -2.45. The maximum Gasteiger partial charge on any atom is 0.391 e. The number of hydrogen-bond donors (Lipinski definition) is 2. The number of rotatable bonds is 7. The van der Waals surface area contributed by atoms with E-state index in [9.17, 15) is 22.8 Å². The van der Waals surface area contributed by atoms with Crippen molar-refractivity contribution in [3.05, 3.63) is 23.8 Å². The second kappa shape index (κ2) is 7.20. The Morgan fingerprint density at radius 3 is 2.52 bits per heavy atom. The van der Waals surface area contributed by atoms with Gasteiger partial charge in [-0.2, -0.15) is 13.2 Å². The quantitative estimate of drug-likeness (QED) is 0.779. The lowest BCUT2D eigenvalue weighted by Crippen LogP contribution is -2.44. The summed E-state index contributed by atoms with van der Waals surface area (Å²) in [6, 6.07) is 3.05. The molecule has 0 bridgehead atoms. The molecular weight excluding hydrogens is 343 g/mol. The molecular formula is C16H18F3NO5. The van der Waals surface area contributed by atoms with E-state index in [1.54, 1.807) is 18.2 Å². The van der Waals surface area contributed by atoms with Gasteiger partial charge >= 0.3 is 12.1 Å². The maximum absolute atomic E-state index is 12.4. The van der Waals surface area contributed by atoms with Gasteiger partial charge in [-0.25, -0.2) is 4.79 Å². The van der Waals surface area contributed by atoms with Crippen molar-refractivity contribution >= 4 is 11.9 Å². The molecule has 2 N–H and O–H groups in total. The number of carboxylic acid groups (broad SMARTS) is 1. The molecule has 3 atom stereocenters. The van der Waals surface area contributed by atoms with Crippen LogP contribution in [0.1, 0.15) is 24.3 Å². The number of carboxylic acids is 1. The van der Waals surface area contributed by atoms with E-state index in [-0.39, 0.29) is 5.92 Å². The van der Waals surface area contributed by atoms with Gasteiger partial charge in [0.15, 0.2) is 0 Å². The van der Waals surface area contributed by atoms with Crippen LogP contribution in [0.25, 0.3) is 0 Å². The van der Waals surface area contributed by atoms with Crippen molar-refractivity contribution < 1.29 is 37.3 Å². The molecule has 1 aromatic carbocycles. The summed E-state index contributed by atoms with van der Waals surface area (Å²) in [6.45, 7) is 0. The van der Waals surface area contributed by atoms with Crippen LogP contribution in [-0.2, 0) is 9.59 Å². The average molecular weight is 361 g/mol. The first-order valence-corrected chi connectivity index (χ1v) is 7.48. The number of ether oxygens (including phenoxy) is 2. The normalized spacial score (nSPS) is 20.5. The van der Waals surface area contributed by atoms with Crippen molar-refractivity contribution in [2.45, 2.75) is 31.0 Å². The van der Waals surface area contributed by atoms with Gasteiger partial charge in [-0.1, -0.05) is 0 Å². The number of halogens is 3. The van der Waals surface area contributed by atoms with Crippen molar-refractivity contribution in [1.29, 1.82) is 0 Å². The second-order valence-corrected chi connectivity index (χ2v) is 5.78. The molecule has 1 aromatic rings. The Morgan fingerprint density at radius 2 is 2.00 bits per heavy atom. The summed E-state index contributed by atoms with van der Waals surface area (Å²) in [5.41, 5.74) is 0.699. The van der Waals surface area contributed by atoms with Gasteiger partial charge in [0.05, 0.1) is 20.6 Å². The van der Waals surface area contributed by atoms with Gasteiger partial charge in [0.1, 0.15) is 17.5 Å². The summed E-state index contributed by atoms with van der Waals surface area (Å²) in [4.78, 5) is 23.1. The lowest BCUT2D eigenvalue weighted by atomic mass is 10.1. The van der Waals surface area contributed by atoms with Gasteiger partial charge in [0.2, 0.25) is 5.91 Å². The Bertz CT molecular complexity index is 662. The lowest BCUT2D eigenvalue weighted by molar-refractivity contribution is -0.160. The standard InChI is InChI=1S/C16H18F3NO5/c1-24-8-3-4-13(25-2)10(5-8)9-6-11(9)14(21)20-12(15(22)23)7-16(17,18)19/h3-5,9,11-12H,6-7H2,1-2H3,(H,20,21)(H,22,23). The maximum atomic E-state index is 12.4. The van der Waals surface area contributed by atoms with Crippen LogP contribution in [0.4, 0.5) is 13.2 Å². The minimum Gasteiger partial charge on any atom is -0.497 e. The third kappa shape index (κ3) is 4.77. The first-order chi connectivity index (χ1) is 11.7. The van der Waals surface area contributed by atoms with Crippen LogP contribution in [-0.4, -0.2) is 43.4 Å². The summed E-state index contributed by atoms with van der Waals surface area (Å²) in [6.07, 6.45) is -5.91. The number of carbonyl (C=O) groups is 2. The molecule has 2 rings (SSSR count). The monoisotopic (exact) mass is 361 g/mol. The highest BCUT2D eigenvalue weighted by Gasteiger charge is 2.47. The molecule has 6 nitrogen and oxygen atoms in total. The number of alkyl halides is 3. The zero-order valence-electron chi connectivity index (χ0n) is 13.6. The van der Waals surface area contributed by atoms with Crippen molar-refractivity contribution in [1.82, 2.24) is 5.32 Å². The third-order valence-electron chi connectivity index (χ3n) is 4.01. The predicted octanol–water partition coefficient (Wildman–Crippen LogP) is 2.33. The Balaban J connectivity index is 2.07. The first kappa shape index (κ1) is 18.9. The highest BCUT2D eigenvalue weighted by atomic mass is 19.4. The van der Waals surface area contributed by atoms with E-state index >= 15 is 0 Å². The summed E-state index contributed by atoms with van der Waals surface area (Å²) in [5, 5.41) is 10.8. The number of nitrogens with one attached hydrogen (secondary N) is 1. The van der Waals surface area contributed by atoms with Crippen molar-refractivity contribution in [3.63, 3.8) is 0 Å². The fourth-order valence-corrected chi connectivity index (χ4v) is 2.67. The molecule has 25 heavy (non-hydrogen) atoms. The molecule has 1 fully saturated rings. The van der Waals surface area contributed by atoms with E-state index < -0.39 is 36.4 Å². The van der Waals surface area contributed by atoms with E-state index in [4.69, 9.17) is 14.6 Å². The lowest BCUT2D eigenvalue weighted by Gasteiger charge is -2.16. The molecule has 0 aromatic heterocycles. The number of methoxy groups -OCH3 is 2. The van der Waals surface area contributed by atoms with Crippen LogP contribution in [0.5, 0.6) is 11.5 Å². The summed E-state index contributed by atoms with van der Waals surface area (Å²) in [7, 11) is 2.95. The molecule has 1 aliphatic rings. The van der Waals surface area contributed by atoms with E-state index in [2.05, 4.69) is 0 Å². The number of hydrogen-bond acceptors (Lipinski definition) is 4. The van der Waals surface area contributed by atoms with E-state index in [1.807, 2.05) is 5.32 Å². The topological polar surface area (TPSA) is 84.9 Å². The Labute approximate surface area is 141 Å². The zero-order valence-corrected chi connectivity index (χ0v) is 13.6. The molecule has 0 radical (unpaired) electrons. The van der Waals surface area contributed by atoms with Crippen LogP contribution >= 0.6 is 0 Å². The van der Waals surface area contributed by atoms with Crippen LogP contribution in [0.2, 0.25) is 0 Å². The first-order valence-electron chi connectivity index (χ1n) is 7.48. The number of carbonyl (C=O) groups excluding carboxylic acids is 1. The van der Waals surface area contributed by atoms with E-state index in [0.29, 0.717) is 23.5 Å². The summed E-state index contributed by atoms with van der Waals surface area (Å²) >= 11 is 0. The minimum absolute atomic E-state index is 0.259. The fraction of sp³-hybridized carbons (Fsp3) is 0.500. The molecule has 1 saturated carbocycles. The Morgan fingerprint density at radius 1 is 1.32 bits per heavy atom. The van der Waals surface area contributed by atoms with Crippen molar-refractivity contribution in [2.24, 2.45) is 5.92 Å². The number of aliphatic carboxylic acids is 1. The minimum atomic E-state index is -4.69. The van der Waals surface area contributed by atoms with Gasteiger partial charge in [-0.15, -0.1) is 0 Å². The SMILES string of the molecule is COc1ccc(OC)c(C2CC2C(=O)NC(CC(F)(F)F)C(=O)O)c1. The van der Waals surface area contributed by atoms with Gasteiger partial charge in [-0.3, -0.25) is 4.79 Å². The molecule has 1 aliphatic carbocycles. The fourth-order valence-electron chi connectivity index (χ4n) is 2.67. The van der Waals surface area contributed by atoms with Crippen LogP contribution in [0.3, 0.4) is 0 Å². The molecule has 9 heteroatoms. The van der Waals surface area contributed by atoms with Crippen molar-refractivity contribution in [2.75, 3.05) is 14.2 Å². The van der Waals surface area contributed by atoms with E-state index in [1.165, 1.54) is 14.2 Å². The highest BCUT2D eigenvalue weighted by molar-refractivity contribution is 5.87. The highest BCUT2D eigenvalue weighted by Crippen LogP contribution is 2.51. The van der Waals surface area contributed by atoms with Crippen LogP contribution in [0, 0.1) is 5.92 Å². The second-order valence-electron chi connectivity index (χ2n) is 5.78. The van der Waals surface area contributed by atoms with E-state index in [0.717, 1.165) is 0 Å². The Kier molecular flexibility index (Phi) is 5.44. The van der Waals surface area contributed by atoms with Gasteiger partial charge in [0, 0.05) is 17.4 Å². The summed E-state index contributed by atoms with van der Waals surface area (Å²) in [5.74, 6) is -2.21.